The third-order valence-corrected chi connectivity index (χ3v) is 7.72. The fourth-order valence-electron chi connectivity index (χ4n) is 6.13. The Bertz CT molecular complexity index is 1240. The predicted molar refractivity (Wildman–Crippen MR) is 132 cm³/mol. The Labute approximate surface area is 213 Å². The number of morpholine rings is 1. The van der Waals surface area contributed by atoms with Crippen LogP contribution in [0.1, 0.15) is 35.4 Å². The Kier molecular flexibility index (Phi) is 6.09. The molecule has 6 rings (SSSR count). The highest BCUT2D eigenvalue weighted by molar-refractivity contribution is 5.79. The van der Waals surface area contributed by atoms with E-state index in [2.05, 4.69) is 29.0 Å². The zero-order valence-electron chi connectivity index (χ0n) is 20.1. The van der Waals surface area contributed by atoms with Crippen LogP contribution in [0.2, 0.25) is 0 Å². The van der Waals surface area contributed by atoms with E-state index in [0.717, 1.165) is 22.3 Å². The van der Waals surface area contributed by atoms with E-state index in [0.29, 0.717) is 5.56 Å². The van der Waals surface area contributed by atoms with Crippen LogP contribution in [-0.4, -0.2) is 54.6 Å². The van der Waals surface area contributed by atoms with E-state index in [9.17, 15) is 18.7 Å². The molecule has 0 saturated carbocycles. The number of rotatable bonds is 5. The number of hydrogen-bond acceptors (Lipinski definition) is 5. The predicted octanol–water partition coefficient (Wildman–Crippen LogP) is 5.29. The highest BCUT2D eigenvalue weighted by Crippen LogP contribution is 2.45. The zero-order chi connectivity index (χ0) is 25.6. The Morgan fingerprint density at radius 2 is 1.51 bits per heavy atom. The van der Waals surface area contributed by atoms with E-state index in [1.54, 1.807) is 17.0 Å². The second-order valence-electron chi connectivity index (χ2n) is 9.90. The molecule has 0 aromatic heterocycles. The molecule has 8 heteroatoms. The molecule has 3 aromatic carbocycles. The molecule has 2 heterocycles. The van der Waals surface area contributed by atoms with Gasteiger partial charge in [-0.25, -0.2) is 4.79 Å². The van der Waals surface area contributed by atoms with Gasteiger partial charge in [0.2, 0.25) is 0 Å². The number of nitrogens with zero attached hydrogens (tertiary/aromatic N) is 1. The van der Waals surface area contributed by atoms with Crippen LogP contribution in [0.15, 0.2) is 72.8 Å². The van der Waals surface area contributed by atoms with Gasteiger partial charge >= 0.3 is 12.7 Å². The van der Waals surface area contributed by atoms with Crippen LogP contribution >= 0.6 is 0 Å². The fourth-order valence-corrected chi connectivity index (χ4v) is 6.13. The van der Waals surface area contributed by atoms with Crippen LogP contribution in [0.5, 0.6) is 5.75 Å². The van der Waals surface area contributed by atoms with Crippen molar-refractivity contribution in [1.29, 1.82) is 0 Å². The lowest BCUT2D eigenvalue weighted by Gasteiger charge is -2.51. The maximum atomic E-state index is 13.4. The average Bonchev–Trinajstić information content (AvgIpc) is 3.20. The third-order valence-electron chi connectivity index (χ3n) is 7.72. The second kappa shape index (κ2) is 9.43. The van der Waals surface area contributed by atoms with Gasteiger partial charge in [0.1, 0.15) is 12.4 Å². The largest absolute Gasteiger partial charge is 0.448 e. The molecular formula is C29H27F2NO5. The van der Waals surface area contributed by atoms with Crippen molar-refractivity contribution in [1.82, 2.24) is 4.90 Å². The van der Waals surface area contributed by atoms with Gasteiger partial charge in [0.15, 0.2) is 0 Å². The molecule has 1 aliphatic carbocycles. The smallest absolute Gasteiger partial charge is 0.410 e. The monoisotopic (exact) mass is 507 g/mol. The van der Waals surface area contributed by atoms with Gasteiger partial charge in [0, 0.05) is 18.8 Å². The summed E-state index contributed by atoms with van der Waals surface area (Å²) < 4.78 is 41.0. The Hall–Kier alpha value is -3.49. The quantitative estimate of drug-likeness (QED) is 0.509. The van der Waals surface area contributed by atoms with Gasteiger partial charge in [-0.2, -0.15) is 8.78 Å². The average molecular weight is 508 g/mol. The highest BCUT2D eigenvalue weighted by atomic mass is 19.3. The minimum absolute atomic E-state index is 0.0296. The SMILES string of the molecule is O=C(OCC1c2ccccc2-c2ccccc21)N1C2COCC1CC(O)(c1ccc(OC(F)F)cc1)C2. The molecule has 0 radical (unpaired) electrons. The molecule has 2 fully saturated rings. The maximum absolute atomic E-state index is 13.4. The molecule has 2 saturated heterocycles. The summed E-state index contributed by atoms with van der Waals surface area (Å²) in [5.74, 6) is -0.00918. The van der Waals surface area contributed by atoms with Crippen LogP contribution < -0.4 is 4.74 Å². The maximum Gasteiger partial charge on any atom is 0.410 e. The molecule has 2 aliphatic heterocycles. The summed E-state index contributed by atoms with van der Waals surface area (Å²) in [5.41, 5.74) is 4.00. The topological polar surface area (TPSA) is 68.2 Å². The standard InChI is InChI=1S/C29H27F2NO5/c30-27(31)37-21-11-9-18(10-12-21)29(34)13-19-15-35-16-20(14-29)32(19)28(33)36-17-26-24-7-3-1-5-22(24)23-6-2-4-8-25(23)26/h1-12,19-20,26-27,34H,13-17H2. The number of halogens is 2. The molecule has 2 bridgehead atoms. The molecule has 37 heavy (non-hydrogen) atoms. The van der Waals surface area contributed by atoms with Crippen molar-refractivity contribution in [2.24, 2.45) is 0 Å². The summed E-state index contributed by atoms with van der Waals surface area (Å²) in [5, 5.41) is 11.5. The van der Waals surface area contributed by atoms with Gasteiger partial charge in [-0.15, -0.1) is 0 Å². The number of aliphatic hydroxyl groups is 1. The van der Waals surface area contributed by atoms with Crippen molar-refractivity contribution in [2.45, 2.75) is 43.1 Å². The molecule has 0 spiro atoms. The Balaban J connectivity index is 1.17. The first-order valence-corrected chi connectivity index (χ1v) is 12.4. The minimum Gasteiger partial charge on any atom is -0.448 e. The fraction of sp³-hybridized carbons (Fsp3) is 0.345. The lowest BCUT2D eigenvalue weighted by Crippen LogP contribution is -2.62. The van der Waals surface area contributed by atoms with Crippen LogP contribution in [0.3, 0.4) is 0 Å². The molecule has 3 aromatic rings. The Morgan fingerprint density at radius 3 is 2.08 bits per heavy atom. The van der Waals surface area contributed by atoms with Crippen LogP contribution in [0.25, 0.3) is 11.1 Å². The lowest BCUT2D eigenvalue weighted by atomic mass is 9.77. The molecule has 3 aliphatic rings. The number of alkyl halides is 2. The van der Waals surface area contributed by atoms with Crippen molar-refractivity contribution >= 4 is 6.09 Å². The first kappa shape index (κ1) is 23.9. The van der Waals surface area contributed by atoms with Gasteiger partial charge in [-0.3, -0.25) is 4.90 Å². The summed E-state index contributed by atoms with van der Waals surface area (Å²) in [6.07, 6.45) is 0.0915. The molecule has 1 N–H and O–H groups in total. The summed E-state index contributed by atoms with van der Waals surface area (Å²) in [7, 11) is 0. The number of carbonyl (C=O) groups excluding carboxylic acids is 1. The number of ether oxygens (including phenoxy) is 3. The van der Waals surface area contributed by atoms with E-state index in [1.807, 2.05) is 24.3 Å². The number of carbonyl (C=O) groups is 1. The molecule has 2 atom stereocenters. The summed E-state index contributed by atoms with van der Waals surface area (Å²) in [4.78, 5) is 15.1. The van der Waals surface area contributed by atoms with Gasteiger partial charge in [-0.1, -0.05) is 60.7 Å². The summed E-state index contributed by atoms with van der Waals surface area (Å²) in [6.45, 7) is -2.11. The van der Waals surface area contributed by atoms with E-state index in [1.165, 1.54) is 12.1 Å². The van der Waals surface area contributed by atoms with Gasteiger partial charge < -0.3 is 19.3 Å². The molecular weight excluding hydrogens is 480 g/mol. The van der Waals surface area contributed by atoms with E-state index >= 15 is 0 Å². The van der Waals surface area contributed by atoms with E-state index in [-0.39, 0.29) is 56.4 Å². The van der Waals surface area contributed by atoms with Gasteiger partial charge in [-0.05, 0) is 39.9 Å². The Morgan fingerprint density at radius 1 is 0.946 bits per heavy atom. The lowest BCUT2D eigenvalue weighted by molar-refractivity contribution is -0.136. The number of hydrogen-bond donors (Lipinski definition) is 1. The van der Waals surface area contributed by atoms with Crippen molar-refractivity contribution in [3.63, 3.8) is 0 Å². The number of benzene rings is 3. The normalized spacial score (nSPS) is 24.5. The first-order valence-electron chi connectivity index (χ1n) is 12.4. The number of amides is 1. The third kappa shape index (κ3) is 4.34. The van der Waals surface area contributed by atoms with Gasteiger partial charge in [0.05, 0.1) is 30.9 Å². The second-order valence-corrected chi connectivity index (χ2v) is 9.90. The molecule has 1 amide bonds. The number of piperidine rings is 1. The van der Waals surface area contributed by atoms with E-state index in [4.69, 9.17) is 9.47 Å². The van der Waals surface area contributed by atoms with Crippen LogP contribution in [-0.2, 0) is 15.1 Å². The summed E-state index contributed by atoms with van der Waals surface area (Å²) >= 11 is 0. The zero-order valence-corrected chi connectivity index (χ0v) is 20.1. The van der Waals surface area contributed by atoms with Crippen LogP contribution in [0, 0.1) is 0 Å². The minimum atomic E-state index is -2.91. The van der Waals surface area contributed by atoms with Crippen LogP contribution in [0.4, 0.5) is 13.6 Å². The van der Waals surface area contributed by atoms with Crippen molar-refractivity contribution in [3.8, 4) is 16.9 Å². The molecule has 6 nitrogen and oxygen atoms in total. The van der Waals surface area contributed by atoms with E-state index < -0.39 is 18.3 Å². The van der Waals surface area contributed by atoms with Crippen molar-refractivity contribution in [3.05, 3.63) is 89.5 Å². The number of fused-ring (bicyclic) bond motifs is 5. The summed E-state index contributed by atoms with van der Waals surface area (Å²) in [6, 6.07) is 21.7. The molecule has 2 unspecified atom stereocenters. The van der Waals surface area contributed by atoms with Crippen molar-refractivity contribution in [2.75, 3.05) is 19.8 Å². The van der Waals surface area contributed by atoms with Gasteiger partial charge in [0.25, 0.3) is 0 Å². The van der Waals surface area contributed by atoms with Crippen molar-refractivity contribution < 1.29 is 32.9 Å². The first-order chi connectivity index (χ1) is 17.9. The molecule has 192 valence electrons. The highest BCUT2D eigenvalue weighted by Gasteiger charge is 2.49.